The van der Waals surface area contributed by atoms with Crippen molar-refractivity contribution in [3.8, 4) is 0 Å². The van der Waals surface area contributed by atoms with E-state index >= 15 is 0 Å². The highest BCUT2D eigenvalue weighted by Gasteiger charge is 2.19. The standard InChI is InChI=1S/C17H15ClFN3O2/c18-13-3-1-4-14(19)15(13)16(23)21-11-5-7-12(8-6-11)22-10-2-9-20-17(22)24/h1,3-8H,2,9-10H2,(H,20,24)(H,21,23). The summed E-state index contributed by atoms with van der Waals surface area (Å²) in [6, 6.07) is 10.7. The van der Waals surface area contributed by atoms with E-state index in [2.05, 4.69) is 10.6 Å². The van der Waals surface area contributed by atoms with E-state index in [9.17, 15) is 14.0 Å². The van der Waals surface area contributed by atoms with Gasteiger partial charge in [0.05, 0.1) is 10.6 Å². The lowest BCUT2D eigenvalue weighted by Gasteiger charge is -2.27. The zero-order valence-corrected chi connectivity index (χ0v) is 13.4. The molecule has 2 aromatic carbocycles. The Bertz CT molecular complexity index is 760. The lowest BCUT2D eigenvalue weighted by atomic mass is 10.2. The summed E-state index contributed by atoms with van der Waals surface area (Å²) in [4.78, 5) is 25.6. The van der Waals surface area contributed by atoms with Crippen LogP contribution in [0.3, 0.4) is 0 Å². The Morgan fingerprint density at radius 1 is 1.21 bits per heavy atom. The first-order valence-electron chi connectivity index (χ1n) is 7.47. The summed E-state index contributed by atoms with van der Waals surface area (Å²) in [5.74, 6) is -1.30. The first-order valence-corrected chi connectivity index (χ1v) is 7.85. The second kappa shape index (κ2) is 6.88. The smallest absolute Gasteiger partial charge is 0.321 e. The van der Waals surface area contributed by atoms with Crippen molar-refractivity contribution in [2.45, 2.75) is 6.42 Å². The highest BCUT2D eigenvalue weighted by molar-refractivity contribution is 6.34. The predicted octanol–water partition coefficient (Wildman–Crippen LogP) is 3.65. The summed E-state index contributed by atoms with van der Waals surface area (Å²) in [7, 11) is 0. The van der Waals surface area contributed by atoms with E-state index < -0.39 is 11.7 Å². The highest BCUT2D eigenvalue weighted by atomic mass is 35.5. The fourth-order valence-electron chi connectivity index (χ4n) is 2.51. The summed E-state index contributed by atoms with van der Waals surface area (Å²) >= 11 is 5.88. The molecule has 1 aliphatic heterocycles. The fraction of sp³-hybridized carbons (Fsp3) is 0.176. The van der Waals surface area contributed by atoms with Crippen LogP contribution in [0, 0.1) is 5.82 Å². The molecule has 1 fully saturated rings. The van der Waals surface area contributed by atoms with Crippen molar-refractivity contribution in [3.63, 3.8) is 0 Å². The maximum atomic E-state index is 13.8. The third-order valence-electron chi connectivity index (χ3n) is 3.71. The summed E-state index contributed by atoms with van der Waals surface area (Å²) < 4.78 is 13.8. The number of benzene rings is 2. The van der Waals surface area contributed by atoms with Crippen LogP contribution in [0.4, 0.5) is 20.6 Å². The fourth-order valence-corrected chi connectivity index (χ4v) is 2.76. The van der Waals surface area contributed by atoms with E-state index in [1.54, 1.807) is 29.2 Å². The van der Waals surface area contributed by atoms with Gasteiger partial charge in [0.15, 0.2) is 0 Å². The van der Waals surface area contributed by atoms with Gasteiger partial charge in [-0.2, -0.15) is 0 Å². The molecule has 0 bridgehead atoms. The second-order valence-corrected chi connectivity index (χ2v) is 5.74. The van der Waals surface area contributed by atoms with Crippen LogP contribution in [0.5, 0.6) is 0 Å². The van der Waals surface area contributed by atoms with Gasteiger partial charge in [0.2, 0.25) is 0 Å². The Morgan fingerprint density at radius 2 is 1.96 bits per heavy atom. The van der Waals surface area contributed by atoms with Crippen LogP contribution in [0.2, 0.25) is 5.02 Å². The topological polar surface area (TPSA) is 61.4 Å². The Balaban J connectivity index is 1.74. The monoisotopic (exact) mass is 347 g/mol. The molecule has 2 N–H and O–H groups in total. The number of anilines is 2. The van der Waals surface area contributed by atoms with Crippen molar-refractivity contribution in [2.75, 3.05) is 23.3 Å². The minimum absolute atomic E-state index is 0.0501. The molecule has 0 atom stereocenters. The molecule has 1 aliphatic rings. The molecule has 3 amide bonds. The van der Waals surface area contributed by atoms with Gasteiger partial charge in [0.25, 0.3) is 5.91 Å². The van der Waals surface area contributed by atoms with Crippen LogP contribution in [-0.2, 0) is 0 Å². The third kappa shape index (κ3) is 3.33. The van der Waals surface area contributed by atoms with E-state index in [1.165, 1.54) is 18.2 Å². The number of halogens is 2. The molecular formula is C17H15ClFN3O2. The van der Waals surface area contributed by atoms with E-state index in [0.717, 1.165) is 12.1 Å². The average molecular weight is 348 g/mol. The minimum atomic E-state index is -0.679. The zero-order valence-electron chi connectivity index (χ0n) is 12.7. The van der Waals surface area contributed by atoms with Crippen LogP contribution in [0.15, 0.2) is 42.5 Å². The second-order valence-electron chi connectivity index (χ2n) is 5.33. The van der Waals surface area contributed by atoms with E-state index in [0.29, 0.717) is 18.8 Å². The van der Waals surface area contributed by atoms with Crippen LogP contribution in [0.25, 0.3) is 0 Å². The number of urea groups is 1. The van der Waals surface area contributed by atoms with Crippen LogP contribution in [0.1, 0.15) is 16.8 Å². The molecule has 7 heteroatoms. The van der Waals surface area contributed by atoms with Gasteiger partial charge in [0.1, 0.15) is 5.82 Å². The van der Waals surface area contributed by atoms with Crippen molar-refractivity contribution in [1.82, 2.24) is 5.32 Å². The Labute approximate surface area is 143 Å². The van der Waals surface area contributed by atoms with Crippen LogP contribution < -0.4 is 15.5 Å². The molecule has 0 aliphatic carbocycles. The van der Waals surface area contributed by atoms with Gasteiger partial charge in [0, 0.05) is 24.5 Å². The number of rotatable bonds is 3. The maximum Gasteiger partial charge on any atom is 0.321 e. The highest BCUT2D eigenvalue weighted by Crippen LogP contribution is 2.23. The van der Waals surface area contributed by atoms with E-state index in [-0.39, 0.29) is 16.6 Å². The van der Waals surface area contributed by atoms with Gasteiger partial charge < -0.3 is 10.6 Å². The van der Waals surface area contributed by atoms with Crippen LogP contribution in [-0.4, -0.2) is 25.0 Å². The molecule has 0 spiro atoms. The van der Waals surface area contributed by atoms with Gasteiger partial charge in [-0.05, 0) is 42.8 Å². The number of hydrogen-bond acceptors (Lipinski definition) is 2. The molecule has 0 unspecified atom stereocenters. The van der Waals surface area contributed by atoms with Gasteiger partial charge in [-0.15, -0.1) is 0 Å². The number of nitrogens with one attached hydrogen (secondary N) is 2. The maximum absolute atomic E-state index is 13.8. The molecule has 5 nitrogen and oxygen atoms in total. The molecule has 0 aromatic heterocycles. The SMILES string of the molecule is O=C(Nc1ccc(N2CCCNC2=O)cc1)c1c(F)cccc1Cl. The van der Waals surface area contributed by atoms with Crippen molar-refractivity contribution in [2.24, 2.45) is 0 Å². The summed E-state index contributed by atoms with van der Waals surface area (Å²) in [5, 5.41) is 5.42. The minimum Gasteiger partial charge on any atom is -0.338 e. The summed E-state index contributed by atoms with van der Waals surface area (Å²) in [5.41, 5.74) is 1.02. The molecule has 3 rings (SSSR count). The Hall–Kier alpha value is -2.60. The van der Waals surface area contributed by atoms with Gasteiger partial charge in [-0.25, -0.2) is 9.18 Å². The van der Waals surface area contributed by atoms with E-state index in [4.69, 9.17) is 11.6 Å². The first kappa shape index (κ1) is 16.3. The number of nitrogens with zero attached hydrogens (tertiary/aromatic N) is 1. The lowest BCUT2D eigenvalue weighted by Crippen LogP contribution is -2.46. The Morgan fingerprint density at radius 3 is 2.62 bits per heavy atom. The first-order chi connectivity index (χ1) is 11.6. The van der Waals surface area contributed by atoms with Gasteiger partial charge in [-0.3, -0.25) is 9.69 Å². The molecule has 24 heavy (non-hydrogen) atoms. The average Bonchev–Trinajstić information content (AvgIpc) is 2.56. The van der Waals surface area contributed by atoms with Crippen molar-refractivity contribution in [1.29, 1.82) is 0 Å². The third-order valence-corrected chi connectivity index (χ3v) is 4.02. The zero-order chi connectivity index (χ0) is 17.1. The number of hydrogen-bond donors (Lipinski definition) is 2. The van der Waals surface area contributed by atoms with Gasteiger partial charge >= 0.3 is 6.03 Å². The summed E-state index contributed by atoms with van der Waals surface area (Å²) in [6.07, 6.45) is 0.871. The van der Waals surface area contributed by atoms with Gasteiger partial charge in [-0.1, -0.05) is 17.7 Å². The molecule has 0 saturated carbocycles. The largest absolute Gasteiger partial charge is 0.338 e. The number of carbonyl (C=O) groups is 2. The van der Waals surface area contributed by atoms with E-state index in [1.807, 2.05) is 0 Å². The molecular weight excluding hydrogens is 333 g/mol. The Kier molecular flexibility index (Phi) is 4.66. The molecule has 1 saturated heterocycles. The molecule has 124 valence electrons. The number of amides is 3. The molecule has 1 heterocycles. The van der Waals surface area contributed by atoms with Crippen molar-refractivity contribution < 1.29 is 14.0 Å². The quantitative estimate of drug-likeness (QED) is 0.890. The molecule has 0 radical (unpaired) electrons. The summed E-state index contributed by atoms with van der Waals surface area (Å²) in [6.45, 7) is 1.31. The number of carbonyl (C=O) groups excluding carboxylic acids is 2. The normalized spacial score (nSPS) is 14.2. The lowest BCUT2D eigenvalue weighted by molar-refractivity contribution is 0.102. The van der Waals surface area contributed by atoms with Crippen molar-refractivity contribution in [3.05, 3.63) is 58.9 Å². The van der Waals surface area contributed by atoms with Crippen molar-refractivity contribution >= 4 is 34.9 Å². The van der Waals surface area contributed by atoms with Crippen LogP contribution >= 0.6 is 11.6 Å². The predicted molar refractivity (Wildman–Crippen MR) is 91.2 cm³/mol. The molecule has 2 aromatic rings.